The fourth-order valence-electron chi connectivity index (χ4n) is 1.73. The van der Waals surface area contributed by atoms with Crippen molar-refractivity contribution in [3.05, 3.63) is 60.3 Å². The number of hydrogen-bond acceptors (Lipinski definition) is 2. The Morgan fingerprint density at radius 3 is 2.53 bits per heavy atom. The molecule has 0 aliphatic heterocycles. The predicted molar refractivity (Wildman–Crippen MR) is 73.6 cm³/mol. The number of nitrogens with zero attached hydrogens (tertiary/aromatic N) is 2. The summed E-state index contributed by atoms with van der Waals surface area (Å²) in [7, 11) is 2.02. The first kappa shape index (κ1) is 11.4. The molecule has 0 aliphatic rings. The Hall–Kier alpha value is -2.09. The van der Waals surface area contributed by atoms with E-state index in [9.17, 15) is 0 Å². The molecular weight excluding hydrogens is 208 g/mol. The lowest BCUT2D eigenvalue weighted by Gasteiger charge is -2.19. The zero-order valence-electron chi connectivity index (χ0n) is 10.2. The van der Waals surface area contributed by atoms with Crippen LogP contribution < -0.4 is 4.90 Å². The molecule has 0 radical (unpaired) electrons. The van der Waals surface area contributed by atoms with Crippen molar-refractivity contribution in [2.24, 2.45) is 0 Å². The number of hydrogen-bond donors (Lipinski definition) is 0. The summed E-state index contributed by atoms with van der Waals surface area (Å²) in [5, 5.41) is 0. The first-order valence-electron chi connectivity index (χ1n) is 5.60. The smallest absolute Gasteiger partial charge is 0.132 e. The minimum absolute atomic E-state index is 0.944. The van der Waals surface area contributed by atoms with E-state index in [2.05, 4.69) is 41.6 Å². The summed E-state index contributed by atoms with van der Waals surface area (Å²) >= 11 is 0. The molecule has 1 aromatic carbocycles. The first-order valence-corrected chi connectivity index (χ1v) is 5.60. The summed E-state index contributed by atoms with van der Waals surface area (Å²) in [5.74, 6) is 0.944. The van der Waals surface area contributed by atoms with E-state index in [1.807, 2.05) is 37.5 Å². The highest BCUT2D eigenvalue weighted by Crippen LogP contribution is 2.22. The normalized spacial score (nSPS) is 10.0. The maximum absolute atomic E-state index is 4.44. The quantitative estimate of drug-likeness (QED) is 0.788. The Kier molecular flexibility index (Phi) is 3.24. The zero-order valence-corrected chi connectivity index (χ0v) is 10.2. The zero-order chi connectivity index (χ0) is 12.3. The van der Waals surface area contributed by atoms with E-state index in [0.29, 0.717) is 0 Å². The fourth-order valence-corrected chi connectivity index (χ4v) is 1.73. The summed E-state index contributed by atoms with van der Waals surface area (Å²) in [6.45, 7) is 5.84. The topological polar surface area (TPSA) is 16.1 Å². The number of rotatable bonds is 3. The molecule has 0 unspecified atom stereocenters. The summed E-state index contributed by atoms with van der Waals surface area (Å²) in [6, 6.07) is 12.3. The minimum atomic E-state index is 0.944. The van der Waals surface area contributed by atoms with Gasteiger partial charge in [-0.25, -0.2) is 4.98 Å². The number of benzene rings is 1. The molecule has 0 spiro atoms. The van der Waals surface area contributed by atoms with Crippen LogP contribution in [-0.4, -0.2) is 12.0 Å². The highest BCUT2D eigenvalue weighted by Gasteiger charge is 2.05. The van der Waals surface area contributed by atoms with Crippen LogP contribution >= 0.6 is 0 Å². The van der Waals surface area contributed by atoms with Gasteiger partial charge < -0.3 is 4.90 Å². The largest absolute Gasteiger partial charge is 0.329 e. The van der Waals surface area contributed by atoms with Gasteiger partial charge in [-0.2, -0.15) is 0 Å². The third-order valence-electron chi connectivity index (χ3n) is 2.84. The van der Waals surface area contributed by atoms with Crippen LogP contribution in [0.15, 0.2) is 49.2 Å². The monoisotopic (exact) mass is 224 g/mol. The summed E-state index contributed by atoms with van der Waals surface area (Å²) in [5.41, 5.74) is 3.40. The van der Waals surface area contributed by atoms with Gasteiger partial charge in [-0.1, -0.05) is 30.9 Å². The summed E-state index contributed by atoms with van der Waals surface area (Å²) in [6.07, 6.45) is 3.69. The maximum Gasteiger partial charge on any atom is 0.132 e. The van der Waals surface area contributed by atoms with E-state index >= 15 is 0 Å². The number of pyridine rings is 1. The third-order valence-corrected chi connectivity index (χ3v) is 2.84. The molecule has 0 amide bonds. The lowest BCUT2D eigenvalue weighted by Crippen LogP contribution is -2.11. The Balaban J connectivity index is 2.35. The van der Waals surface area contributed by atoms with Gasteiger partial charge in [0, 0.05) is 18.9 Å². The highest BCUT2D eigenvalue weighted by molar-refractivity contribution is 5.62. The molecule has 1 aromatic heterocycles. The van der Waals surface area contributed by atoms with E-state index in [-0.39, 0.29) is 0 Å². The molecule has 2 aromatic rings. The van der Waals surface area contributed by atoms with Crippen LogP contribution in [0.2, 0.25) is 0 Å². The molecule has 2 rings (SSSR count). The molecule has 1 heterocycles. The van der Waals surface area contributed by atoms with Crippen molar-refractivity contribution < 1.29 is 0 Å². The van der Waals surface area contributed by atoms with Gasteiger partial charge in [-0.05, 0) is 36.2 Å². The lowest BCUT2D eigenvalue weighted by atomic mass is 10.1. The summed E-state index contributed by atoms with van der Waals surface area (Å²) < 4.78 is 0. The first-order chi connectivity index (χ1) is 8.22. The minimum Gasteiger partial charge on any atom is -0.329 e. The molecule has 0 aliphatic carbocycles. The molecule has 0 fully saturated rings. The molecule has 17 heavy (non-hydrogen) atoms. The fraction of sp³-hybridized carbons (Fsp3) is 0.133. The van der Waals surface area contributed by atoms with Gasteiger partial charge in [0.1, 0.15) is 5.82 Å². The maximum atomic E-state index is 4.44. The molecule has 2 heteroatoms. The van der Waals surface area contributed by atoms with Gasteiger partial charge in [0.05, 0.1) is 0 Å². The van der Waals surface area contributed by atoms with Crippen molar-refractivity contribution in [1.82, 2.24) is 4.98 Å². The van der Waals surface area contributed by atoms with Gasteiger partial charge in [0.25, 0.3) is 0 Å². The predicted octanol–water partition coefficient (Wildman–Crippen LogP) is 3.80. The van der Waals surface area contributed by atoms with Crippen LogP contribution in [0.1, 0.15) is 11.1 Å². The van der Waals surface area contributed by atoms with E-state index in [0.717, 1.165) is 17.1 Å². The van der Waals surface area contributed by atoms with Gasteiger partial charge in [0.15, 0.2) is 0 Å². The van der Waals surface area contributed by atoms with Gasteiger partial charge in [-0.15, -0.1) is 0 Å². The van der Waals surface area contributed by atoms with Gasteiger partial charge in [0.2, 0.25) is 0 Å². The van der Waals surface area contributed by atoms with E-state index in [1.54, 1.807) is 0 Å². The van der Waals surface area contributed by atoms with E-state index < -0.39 is 0 Å². The van der Waals surface area contributed by atoms with Crippen LogP contribution in [0.4, 0.5) is 11.5 Å². The Labute approximate surface area is 102 Å². The SMILES string of the molecule is C=Cc1cnc(N(C)c2ccccc2)cc1C. The average molecular weight is 224 g/mol. The van der Waals surface area contributed by atoms with Crippen LogP contribution in [0, 0.1) is 6.92 Å². The van der Waals surface area contributed by atoms with Crippen molar-refractivity contribution in [1.29, 1.82) is 0 Å². The second-order valence-corrected chi connectivity index (χ2v) is 4.00. The van der Waals surface area contributed by atoms with Crippen LogP contribution in [0.25, 0.3) is 6.08 Å². The van der Waals surface area contributed by atoms with Crippen molar-refractivity contribution in [3.63, 3.8) is 0 Å². The number of aromatic nitrogens is 1. The Morgan fingerprint density at radius 2 is 1.94 bits per heavy atom. The average Bonchev–Trinajstić information content (AvgIpc) is 2.39. The molecule has 0 saturated carbocycles. The Morgan fingerprint density at radius 1 is 1.24 bits per heavy atom. The van der Waals surface area contributed by atoms with Crippen LogP contribution in [0.3, 0.4) is 0 Å². The molecule has 0 atom stereocenters. The van der Waals surface area contributed by atoms with Crippen molar-refractivity contribution in [2.45, 2.75) is 6.92 Å². The second-order valence-electron chi connectivity index (χ2n) is 4.00. The van der Waals surface area contributed by atoms with E-state index in [4.69, 9.17) is 0 Å². The van der Waals surface area contributed by atoms with Crippen molar-refractivity contribution >= 4 is 17.6 Å². The molecule has 0 N–H and O–H groups in total. The number of aryl methyl sites for hydroxylation is 1. The third kappa shape index (κ3) is 2.36. The standard InChI is InChI=1S/C15H16N2/c1-4-13-11-16-15(10-12(13)2)17(3)14-8-6-5-7-9-14/h4-11H,1H2,2-3H3. The van der Waals surface area contributed by atoms with Crippen LogP contribution in [-0.2, 0) is 0 Å². The van der Waals surface area contributed by atoms with Crippen molar-refractivity contribution in [2.75, 3.05) is 11.9 Å². The number of para-hydroxylation sites is 1. The van der Waals surface area contributed by atoms with E-state index in [1.165, 1.54) is 5.56 Å². The molecule has 86 valence electrons. The Bertz CT molecular complexity index is 518. The summed E-state index contributed by atoms with van der Waals surface area (Å²) in [4.78, 5) is 6.51. The molecular formula is C15H16N2. The van der Waals surface area contributed by atoms with Gasteiger partial charge >= 0.3 is 0 Å². The second kappa shape index (κ2) is 4.83. The lowest BCUT2D eigenvalue weighted by molar-refractivity contribution is 1.11. The van der Waals surface area contributed by atoms with Crippen LogP contribution in [0.5, 0.6) is 0 Å². The number of anilines is 2. The molecule has 0 saturated heterocycles. The van der Waals surface area contributed by atoms with Crippen molar-refractivity contribution in [3.8, 4) is 0 Å². The molecule has 2 nitrogen and oxygen atoms in total. The highest BCUT2D eigenvalue weighted by atomic mass is 15.2. The molecule has 0 bridgehead atoms. The van der Waals surface area contributed by atoms with Gasteiger partial charge in [-0.3, -0.25) is 0 Å².